The summed E-state index contributed by atoms with van der Waals surface area (Å²) < 4.78 is 2.12. The molecule has 1 unspecified atom stereocenters. The zero-order valence-corrected chi connectivity index (χ0v) is 15.3. The number of rotatable bonds is 5. The summed E-state index contributed by atoms with van der Waals surface area (Å²) >= 11 is 1.52. The van der Waals surface area contributed by atoms with Crippen LogP contribution in [0.2, 0.25) is 0 Å². The molecule has 1 aromatic carbocycles. The van der Waals surface area contributed by atoms with E-state index in [1.54, 1.807) is 0 Å². The molecule has 5 nitrogen and oxygen atoms in total. The number of carbonyl (C=O) groups is 1. The van der Waals surface area contributed by atoms with Crippen LogP contribution in [0, 0.1) is 0 Å². The van der Waals surface area contributed by atoms with Gasteiger partial charge in [-0.2, -0.15) is 0 Å². The van der Waals surface area contributed by atoms with Crippen LogP contribution >= 0.6 is 11.3 Å². The van der Waals surface area contributed by atoms with Gasteiger partial charge in [-0.15, -0.1) is 11.3 Å². The van der Waals surface area contributed by atoms with Gasteiger partial charge in [0, 0.05) is 29.2 Å². The number of hydrogen-bond donors (Lipinski definition) is 2. The maximum absolute atomic E-state index is 11.8. The number of thiophene rings is 1. The normalized spacial score (nSPS) is 19.2. The van der Waals surface area contributed by atoms with Crippen molar-refractivity contribution >= 4 is 22.2 Å². The number of primary amides is 1. The van der Waals surface area contributed by atoms with Crippen molar-refractivity contribution < 1.29 is 4.79 Å². The molecule has 4 N–H and O–H groups in total. The molecule has 0 saturated carbocycles. The molecule has 26 heavy (non-hydrogen) atoms. The molecule has 1 atom stereocenters. The number of nitrogens with two attached hydrogens (primary N) is 2. The second-order valence-corrected chi connectivity index (χ2v) is 8.12. The van der Waals surface area contributed by atoms with Crippen LogP contribution in [-0.2, 0) is 24.8 Å². The van der Waals surface area contributed by atoms with E-state index in [-0.39, 0.29) is 5.41 Å². The van der Waals surface area contributed by atoms with Gasteiger partial charge < -0.3 is 16.0 Å². The maximum atomic E-state index is 11.8. The van der Waals surface area contributed by atoms with Crippen LogP contribution in [0.3, 0.4) is 0 Å². The second kappa shape index (κ2) is 6.61. The summed E-state index contributed by atoms with van der Waals surface area (Å²) in [5.74, 6) is -0.411. The van der Waals surface area contributed by atoms with Crippen molar-refractivity contribution in [1.29, 1.82) is 0 Å². The van der Waals surface area contributed by atoms with Gasteiger partial charge in [0.2, 0.25) is 0 Å². The van der Waals surface area contributed by atoms with Crippen molar-refractivity contribution in [3.05, 3.63) is 70.6 Å². The van der Waals surface area contributed by atoms with Crippen molar-refractivity contribution in [1.82, 2.24) is 9.55 Å². The minimum absolute atomic E-state index is 0.0325. The van der Waals surface area contributed by atoms with Gasteiger partial charge in [0.05, 0.1) is 16.9 Å². The molecule has 1 amide bonds. The highest BCUT2D eigenvalue weighted by Crippen LogP contribution is 2.46. The molecule has 0 bridgehead atoms. The van der Waals surface area contributed by atoms with Crippen LogP contribution in [0.1, 0.15) is 39.2 Å². The smallest absolute Gasteiger partial charge is 0.251 e. The van der Waals surface area contributed by atoms with Crippen LogP contribution in [0.25, 0.3) is 0 Å². The third-order valence-electron chi connectivity index (χ3n) is 5.51. The van der Waals surface area contributed by atoms with Crippen LogP contribution in [0.5, 0.6) is 0 Å². The summed E-state index contributed by atoms with van der Waals surface area (Å²) in [4.78, 5) is 17.2. The summed E-state index contributed by atoms with van der Waals surface area (Å²) in [5, 5.41) is 0.556. The molecule has 1 aliphatic carbocycles. The first kappa shape index (κ1) is 16.8. The number of anilines is 1. The number of fused-ring (bicyclic) bond motifs is 1. The van der Waals surface area contributed by atoms with Gasteiger partial charge in [0.15, 0.2) is 0 Å². The van der Waals surface area contributed by atoms with Crippen molar-refractivity contribution in [2.45, 2.75) is 37.6 Å². The molecule has 1 aliphatic rings. The average Bonchev–Trinajstić information content (AvgIpc) is 3.26. The SMILES string of the molecule is NC(=O)c1c(N)sc2c1CCC(CCn1ccnc1)(c1ccccc1)C2. The quantitative estimate of drug-likeness (QED) is 0.727. The summed E-state index contributed by atoms with van der Waals surface area (Å²) in [6, 6.07) is 10.7. The number of imidazole rings is 1. The lowest BCUT2D eigenvalue weighted by molar-refractivity contribution is 0.1000. The van der Waals surface area contributed by atoms with Crippen molar-refractivity contribution in [2.75, 3.05) is 5.73 Å². The molecule has 0 radical (unpaired) electrons. The highest BCUT2D eigenvalue weighted by atomic mass is 32.1. The number of hydrogen-bond acceptors (Lipinski definition) is 4. The average molecular weight is 366 g/mol. The van der Waals surface area contributed by atoms with Gasteiger partial charge in [-0.3, -0.25) is 4.79 Å². The monoisotopic (exact) mass is 366 g/mol. The Morgan fingerprint density at radius 2 is 2.12 bits per heavy atom. The van der Waals surface area contributed by atoms with Crippen LogP contribution < -0.4 is 11.5 Å². The lowest BCUT2D eigenvalue weighted by atomic mass is 9.67. The van der Waals surface area contributed by atoms with Crippen LogP contribution in [-0.4, -0.2) is 15.5 Å². The molecule has 2 aromatic heterocycles. The first-order chi connectivity index (χ1) is 12.6. The molecule has 134 valence electrons. The van der Waals surface area contributed by atoms with Crippen LogP contribution in [0.4, 0.5) is 5.00 Å². The number of benzene rings is 1. The Labute approximate surface area is 156 Å². The fraction of sp³-hybridized carbons (Fsp3) is 0.300. The van der Waals surface area contributed by atoms with Gasteiger partial charge in [-0.25, -0.2) is 4.98 Å². The number of nitrogen functional groups attached to an aromatic ring is 1. The largest absolute Gasteiger partial charge is 0.390 e. The third-order valence-corrected chi connectivity index (χ3v) is 6.57. The molecule has 0 aliphatic heterocycles. The number of carbonyl (C=O) groups excluding carboxylic acids is 1. The van der Waals surface area contributed by atoms with Gasteiger partial charge >= 0.3 is 0 Å². The molecule has 3 aromatic rings. The van der Waals surface area contributed by atoms with E-state index in [0.29, 0.717) is 10.6 Å². The van der Waals surface area contributed by atoms with E-state index in [2.05, 4.69) is 39.9 Å². The summed E-state index contributed by atoms with van der Waals surface area (Å²) in [6.45, 7) is 0.910. The van der Waals surface area contributed by atoms with E-state index < -0.39 is 5.91 Å². The number of nitrogens with zero attached hydrogens (tertiary/aromatic N) is 2. The predicted molar refractivity (Wildman–Crippen MR) is 104 cm³/mol. The summed E-state index contributed by atoms with van der Waals surface area (Å²) in [7, 11) is 0. The first-order valence-corrected chi connectivity index (χ1v) is 9.62. The van der Waals surface area contributed by atoms with E-state index in [0.717, 1.165) is 37.8 Å². The standard InChI is InChI=1S/C20H22N4OS/c21-18(25)17-15-6-7-20(12-16(15)26-19(17)22,14-4-2-1-3-5-14)8-10-24-11-9-23-13-24/h1-5,9,11,13H,6-8,10,12,22H2,(H2,21,25). The van der Waals surface area contributed by atoms with Crippen molar-refractivity contribution in [3.63, 3.8) is 0 Å². The summed E-state index contributed by atoms with van der Waals surface area (Å²) in [6.07, 6.45) is 9.39. The molecular formula is C20H22N4OS. The van der Waals surface area contributed by atoms with E-state index in [4.69, 9.17) is 11.5 Å². The topological polar surface area (TPSA) is 86.9 Å². The van der Waals surface area contributed by atoms with Gasteiger partial charge in [-0.1, -0.05) is 30.3 Å². The van der Waals surface area contributed by atoms with Gasteiger partial charge in [0.25, 0.3) is 5.91 Å². The van der Waals surface area contributed by atoms with E-state index in [1.165, 1.54) is 21.8 Å². The fourth-order valence-corrected chi connectivity index (χ4v) is 5.40. The minimum atomic E-state index is -0.411. The van der Waals surface area contributed by atoms with Crippen molar-refractivity contribution in [2.24, 2.45) is 5.73 Å². The number of aromatic nitrogens is 2. The molecule has 0 saturated heterocycles. The van der Waals surface area contributed by atoms with Gasteiger partial charge in [-0.05, 0) is 36.8 Å². The summed E-state index contributed by atoms with van der Waals surface area (Å²) in [5.41, 5.74) is 14.7. The molecular weight excluding hydrogens is 344 g/mol. The van der Waals surface area contributed by atoms with Crippen molar-refractivity contribution in [3.8, 4) is 0 Å². The van der Waals surface area contributed by atoms with E-state index in [9.17, 15) is 4.79 Å². The predicted octanol–water partition coefficient (Wildman–Crippen LogP) is 3.14. The Bertz CT molecular complexity index is 917. The van der Waals surface area contributed by atoms with E-state index >= 15 is 0 Å². The Morgan fingerprint density at radius 3 is 2.81 bits per heavy atom. The Hall–Kier alpha value is -2.60. The lowest BCUT2D eigenvalue weighted by Crippen LogP contribution is -2.34. The number of aryl methyl sites for hydroxylation is 1. The highest BCUT2D eigenvalue weighted by molar-refractivity contribution is 7.16. The second-order valence-electron chi connectivity index (χ2n) is 6.98. The molecule has 6 heteroatoms. The minimum Gasteiger partial charge on any atom is -0.390 e. The zero-order chi connectivity index (χ0) is 18.1. The maximum Gasteiger partial charge on any atom is 0.251 e. The van der Waals surface area contributed by atoms with Gasteiger partial charge in [0.1, 0.15) is 0 Å². The Balaban J connectivity index is 1.71. The third kappa shape index (κ3) is 2.90. The lowest BCUT2D eigenvalue weighted by Gasteiger charge is -2.38. The molecule has 2 heterocycles. The zero-order valence-electron chi connectivity index (χ0n) is 14.5. The molecule has 0 spiro atoms. The first-order valence-electron chi connectivity index (χ1n) is 8.80. The molecule has 0 fully saturated rings. The molecule has 4 rings (SSSR count). The Kier molecular flexibility index (Phi) is 4.28. The van der Waals surface area contributed by atoms with Crippen LogP contribution in [0.15, 0.2) is 49.1 Å². The van der Waals surface area contributed by atoms with E-state index in [1.807, 2.05) is 18.7 Å². The Morgan fingerprint density at radius 1 is 1.31 bits per heavy atom. The number of amides is 1. The fourth-order valence-electron chi connectivity index (χ4n) is 4.13. The highest BCUT2D eigenvalue weighted by Gasteiger charge is 2.38.